The minimum Gasteiger partial charge on any atom is -0.330 e. The number of nitrogens with zero attached hydrogens (tertiary/aromatic N) is 4. The molecule has 1 heterocycles. The number of hydroxylamine groups is 1. The molecule has 0 radical (unpaired) electrons. The quantitative estimate of drug-likeness (QED) is 0.383. The molecular weight excluding hydrogens is 238 g/mol. The van der Waals surface area contributed by atoms with Gasteiger partial charge in [-0.1, -0.05) is 12.1 Å². The summed E-state index contributed by atoms with van der Waals surface area (Å²) in [7, 11) is 0. The molecule has 0 aromatic rings. The minimum absolute atomic E-state index is 0.0511. The molecule has 8 heteroatoms. The van der Waals surface area contributed by atoms with Crippen molar-refractivity contribution >= 4 is 6.21 Å². The van der Waals surface area contributed by atoms with E-state index in [1.165, 1.54) is 12.4 Å². The first-order valence-electron chi connectivity index (χ1n) is 5.92. The van der Waals surface area contributed by atoms with Crippen LogP contribution in [0.5, 0.6) is 0 Å². The van der Waals surface area contributed by atoms with Crippen molar-refractivity contribution in [3.8, 4) is 0 Å². The van der Waals surface area contributed by atoms with Crippen LogP contribution in [0.15, 0.2) is 16.9 Å². The number of allylic oxidation sites excluding steroid dienone is 1. The number of aliphatic imine (C=N–C) groups is 1. The highest BCUT2D eigenvalue weighted by molar-refractivity contribution is 5.75. The van der Waals surface area contributed by atoms with E-state index in [1.807, 2.05) is 6.92 Å². The molecule has 0 aliphatic carbocycles. The predicted molar refractivity (Wildman–Crippen MR) is 66.9 cm³/mol. The molecule has 0 bridgehead atoms. The molecule has 0 saturated carbocycles. The first kappa shape index (κ1) is 14.6. The van der Waals surface area contributed by atoms with E-state index in [0.29, 0.717) is 26.4 Å². The molecule has 18 heavy (non-hydrogen) atoms. The third kappa shape index (κ3) is 4.40. The SMILES string of the molecule is CCCN(OCCCN)N1C=C([N+](=O)[O-])C=NC1. The molecular formula is C10H19N5O3. The highest BCUT2D eigenvalue weighted by Crippen LogP contribution is 2.09. The van der Waals surface area contributed by atoms with Crippen LogP contribution in [0, 0.1) is 10.1 Å². The van der Waals surface area contributed by atoms with Gasteiger partial charge in [0.15, 0.2) is 0 Å². The molecule has 0 atom stereocenters. The maximum absolute atomic E-state index is 10.7. The summed E-state index contributed by atoms with van der Waals surface area (Å²) in [5, 5.41) is 13.9. The van der Waals surface area contributed by atoms with Crippen molar-refractivity contribution in [3.63, 3.8) is 0 Å². The lowest BCUT2D eigenvalue weighted by molar-refractivity contribution is -0.417. The molecule has 1 aliphatic heterocycles. The Morgan fingerprint density at radius 3 is 3.11 bits per heavy atom. The summed E-state index contributed by atoms with van der Waals surface area (Å²) in [6, 6.07) is 0. The van der Waals surface area contributed by atoms with E-state index in [9.17, 15) is 10.1 Å². The normalized spacial score (nSPS) is 15.1. The fourth-order valence-corrected chi connectivity index (χ4v) is 1.39. The summed E-state index contributed by atoms with van der Waals surface area (Å²) >= 11 is 0. The molecule has 0 saturated heterocycles. The summed E-state index contributed by atoms with van der Waals surface area (Å²) in [5.74, 6) is 0. The van der Waals surface area contributed by atoms with E-state index in [1.54, 1.807) is 10.2 Å². The van der Waals surface area contributed by atoms with Crippen molar-refractivity contribution in [3.05, 3.63) is 22.0 Å². The fraction of sp³-hybridized carbons (Fsp3) is 0.700. The number of hydrazine groups is 1. The Bertz CT molecular complexity index is 331. The lowest BCUT2D eigenvalue weighted by Gasteiger charge is -2.31. The fourth-order valence-electron chi connectivity index (χ4n) is 1.39. The van der Waals surface area contributed by atoms with Crippen LogP contribution in [0.25, 0.3) is 0 Å². The highest BCUT2D eigenvalue weighted by Gasteiger charge is 2.20. The lowest BCUT2D eigenvalue weighted by atomic mass is 10.4. The molecule has 0 spiro atoms. The van der Waals surface area contributed by atoms with Gasteiger partial charge in [0.1, 0.15) is 12.9 Å². The van der Waals surface area contributed by atoms with E-state index in [0.717, 1.165) is 12.8 Å². The molecule has 102 valence electrons. The van der Waals surface area contributed by atoms with Crippen LogP contribution in [-0.2, 0) is 4.84 Å². The smallest absolute Gasteiger partial charge is 0.304 e. The van der Waals surface area contributed by atoms with E-state index in [4.69, 9.17) is 10.6 Å². The first-order chi connectivity index (χ1) is 8.69. The molecule has 2 N–H and O–H groups in total. The van der Waals surface area contributed by atoms with Gasteiger partial charge in [0.25, 0.3) is 0 Å². The van der Waals surface area contributed by atoms with Gasteiger partial charge in [0.05, 0.1) is 17.7 Å². The van der Waals surface area contributed by atoms with Crippen LogP contribution in [0.2, 0.25) is 0 Å². The zero-order valence-electron chi connectivity index (χ0n) is 10.5. The van der Waals surface area contributed by atoms with Gasteiger partial charge in [0, 0.05) is 6.54 Å². The lowest BCUT2D eigenvalue weighted by Crippen LogP contribution is -2.42. The van der Waals surface area contributed by atoms with Gasteiger partial charge in [0.2, 0.25) is 0 Å². The zero-order valence-corrected chi connectivity index (χ0v) is 10.5. The summed E-state index contributed by atoms with van der Waals surface area (Å²) in [6.45, 7) is 4.00. The van der Waals surface area contributed by atoms with Crippen molar-refractivity contribution in [1.29, 1.82) is 0 Å². The Morgan fingerprint density at radius 1 is 1.72 bits per heavy atom. The van der Waals surface area contributed by atoms with Crippen LogP contribution in [0.3, 0.4) is 0 Å². The summed E-state index contributed by atoms with van der Waals surface area (Å²) in [4.78, 5) is 19.7. The Kier molecular flexibility index (Phi) is 6.26. The van der Waals surface area contributed by atoms with E-state index in [2.05, 4.69) is 4.99 Å². The highest BCUT2D eigenvalue weighted by atomic mass is 16.7. The van der Waals surface area contributed by atoms with Crippen molar-refractivity contribution < 1.29 is 9.76 Å². The maximum atomic E-state index is 10.7. The third-order valence-corrected chi connectivity index (χ3v) is 2.23. The Balaban J connectivity index is 2.61. The number of hydrogen-bond acceptors (Lipinski definition) is 7. The monoisotopic (exact) mass is 257 g/mol. The number of rotatable bonds is 8. The molecule has 1 rings (SSSR count). The minimum atomic E-state index is -0.473. The van der Waals surface area contributed by atoms with Gasteiger partial charge < -0.3 is 5.73 Å². The molecule has 0 aromatic heterocycles. The van der Waals surface area contributed by atoms with E-state index < -0.39 is 4.92 Å². The largest absolute Gasteiger partial charge is 0.330 e. The van der Waals surface area contributed by atoms with Crippen LogP contribution in [0.4, 0.5) is 0 Å². The molecule has 0 unspecified atom stereocenters. The third-order valence-electron chi connectivity index (χ3n) is 2.23. The van der Waals surface area contributed by atoms with Crippen LogP contribution in [0.1, 0.15) is 19.8 Å². The first-order valence-corrected chi connectivity index (χ1v) is 5.92. The Morgan fingerprint density at radius 2 is 2.50 bits per heavy atom. The number of nitrogens with two attached hydrogens (primary N) is 1. The molecule has 0 aromatic carbocycles. The van der Waals surface area contributed by atoms with Crippen molar-refractivity contribution in [1.82, 2.24) is 10.2 Å². The van der Waals surface area contributed by atoms with Gasteiger partial charge in [-0.15, -0.1) is 0 Å². The van der Waals surface area contributed by atoms with Crippen LogP contribution < -0.4 is 5.73 Å². The topological polar surface area (TPSA) is 97.2 Å². The van der Waals surface area contributed by atoms with Crippen molar-refractivity contribution in [2.45, 2.75) is 19.8 Å². The summed E-state index contributed by atoms with van der Waals surface area (Å²) < 4.78 is 0. The summed E-state index contributed by atoms with van der Waals surface area (Å²) in [6.07, 6.45) is 4.28. The van der Waals surface area contributed by atoms with Gasteiger partial charge in [-0.2, -0.15) is 0 Å². The predicted octanol–water partition coefficient (Wildman–Crippen LogP) is 0.356. The molecule has 1 aliphatic rings. The van der Waals surface area contributed by atoms with Crippen LogP contribution >= 0.6 is 0 Å². The standard InChI is InChI=1S/C10H19N5O3/c1-2-5-14(18-6-3-4-11)13-8-10(15(16)17)7-12-9-13/h7-8H,2-6,9,11H2,1H3. The van der Waals surface area contributed by atoms with Crippen LogP contribution in [-0.4, -0.2) is 47.7 Å². The second-order valence-corrected chi connectivity index (χ2v) is 3.75. The zero-order chi connectivity index (χ0) is 13.4. The second-order valence-electron chi connectivity index (χ2n) is 3.75. The van der Waals surface area contributed by atoms with Gasteiger partial charge in [-0.05, 0) is 19.4 Å². The van der Waals surface area contributed by atoms with E-state index in [-0.39, 0.29) is 5.70 Å². The maximum Gasteiger partial charge on any atom is 0.304 e. The average Bonchev–Trinajstić information content (AvgIpc) is 2.38. The Hall–Kier alpha value is -1.51. The number of nitro groups is 1. The molecule has 0 amide bonds. The van der Waals surface area contributed by atoms with Crippen molar-refractivity contribution in [2.75, 3.05) is 26.4 Å². The number of hydrogen-bond donors (Lipinski definition) is 1. The van der Waals surface area contributed by atoms with E-state index >= 15 is 0 Å². The molecule has 8 nitrogen and oxygen atoms in total. The van der Waals surface area contributed by atoms with Crippen molar-refractivity contribution in [2.24, 2.45) is 10.7 Å². The second kappa shape index (κ2) is 7.75. The average molecular weight is 257 g/mol. The van der Waals surface area contributed by atoms with Gasteiger partial charge in [-0.25, -0.2) is 0 Å². The Labute approximate surface area is 106 Å². The summed E-state index contributed by atoms with van der Waals surface area (Å²) in [5.41, 5.74) is 5.34. The van der Waals surface area contributed by atoms with Gasteiger partial charge >= 0.3 is 5.70 Å². The van der Waals surface area contributed by atoms with Gasteiger partial charge in [-0.3, -0.25) is 25.0 Å². The molecule has 0 fully saturated rings.